The number of hydrogen-bond donors (Lipinski definition) is 3. The fourth-order valence-corrected chi connectivity index (χ4v) is 2.29. The molecule has 1 saturated carbocycles. The quantitative estimate of drug-likeness (QED) is 0.715. The van der Waals surface area contributed by atoms with Gasteiger partial charge in [-0.25, -0.2) is 18.7 Å². The molecule has 7 heteroatoms. The van der Waals surface area contributed by atoms with Crippen molar-refractivity contribution in [2.24, 2.45) is 5.11 Å². The Kier molecular flexibility index (Phi) is 3.99. The minimum Gasteiger partial charge on any atom is -0.388 e. The number of aliphatic hydroxyl groups is 1. The van der Waals surface area contributed by atoms with Crippen LogP contribution in [0.3, 0.4) is 0 Å². The van der Waals surface area contributed by atoms with E-state index >= 15 is 0 Å². The molecule has 0 radical (unpaired) electrons. The van der Waals surface area contributed by atoms with Crippen LogP contribution in [0, 0.1) is 18.3 Å². The second-order valence-corrected chi connectivity index (χ2v) is 5.16. The molecule has 3 N–H and O–H groups in total. The van der Waals surface area contributed by atoms with Crippen molar-refractivity contribution in [2.45, 2.75) is 38.2 Å². The summed E-state index contributed by atoms with van der Waals surface area (Å²) in [5, 5.41) is 15.8. The second-order valence-electron chi connectivity index (χ2n) is 5.16. The highest BCUT2D eigenvalue weighted by atomic mass is 19.3. The molecule has 2 rings (SSSR count). The molecule has 0 bridgehead atoms. The summed E-state index contributed by atoms with van der Waals surface area (Å²) in [4.78, 5) is 0. The minimum atomic E-state index is -3.02. The molecule has 1 aliphatic rings. The second kappa shape index (κ2) is 5.40. The zero-order valence-corrected chi connectivity index (χ0v) is 11.0. The van der Waals surface area contributed by atoms with Crippen LogP contribution in [0.5, 0.6) is 0 Å². The van der Waals surface area contributed by atoms with Crippen molar-refractivity contribution < 1.29 is 18.3 Å². The molecule has 1 fully saturated rings. The predicted molar refractivity (Wildman–Crippen MR) is 68.2 cm³/mol. The first-order valence-electron chi connectivity index (χ1n) is 6.33. The van der Waals surface area contributed by atoms with Gasteiger partial charge in [-0.2, -0.15) is 5.11 Å². The van der Waals surface area contributed by atoms with Crippen molar-refractivity contribution in [3.8, 4) is 0 Å². The van der Waals surface area contributed by atoms with E-state index in [0.717, 1.165) is 6.42 Å². The van der Waals surface area contributed by atoms with Gasteiger partial charge in [-0.3, -0.25) is 0 Å². The summed E-state index contributed by atoms with van der Waals surface area (Å²) in [6.45, 7) is 1.39. The molecule has 4 nitrogen and oxygen atoms in total. The summed E-state index contributed by atoms with van der Waals surface area (Å²) in [6.07, 6.45) is -0.996. The Labute approximate surface area is 114 Å². The molecule has 0 atom stereocenters. The largest absolute Gasteiger partial charge is 0.388 e. The zero-order chi connectivity index (χ0) is 14.9. The van der Waals surface area contributed by atoms with Crippen LogP contribution < -0.4 is 5.32 Å². The van der Waals surface area contributed by atoms with Crippen molar-refractivity contribution in [1.29, 1.82) is 5.53 Å². The third-order valence-electron chi connectivity index (χ3n) is 3.68. The van der Waals surface area contributed by atoms with Crippen molar-refractivity contribution in [2.75, 3.05) is 11.9 Å². The van der Waals surface area contributed by atoms with Gasteiger partial charge in [0, 0.05) is 6.54 Å². The number of nitrogens with zero attached hydrogens (tertiary/aromatic N) is 1. The molecule has 0 spiro atoms. The smallest absolute Gasteiger partial charge is 0.268 e. The fourth-order valence-electron chi connectivity index (χ4n) is 2.29. The topological polar surface area (TPSA) is 68.5 Å². The molecule has 0 unspecified atom stereocenters. The van der Waals surface area contributed by atoms with Crippen LogP contribution >= 0.6 is 0 Å². The molecule has 0 heterocycles. The van der Waals surface area contributed by atoms with Crippen LogP contribution in [0.15, 0.2) is 11.2 Å². The van der Waals surface area contributed by atoms with Crippen LogP contribution in [-0.4, -0.2) is 17.3 Å². The van der Waals surface area contributed by atoms with E-state index in [1.807, 2.05) is 0 Å². The summed E-state index contributed by atoms with van der Waals surface area (Å²) in [7, 11) is 0. The number of benzene rings is 1. The van der Waals surface area contributed by atoms with E-state index in [9.17, 15) is 18.3 Å². The summed E-state index contributed by atoms with van der Waals surface area (Å²) < 4.78 is 40.0. The Morgan fingerprint density at radius 3 is 2.60 bits per heavy atom. The van der Waals surface area contributed by atoms with Crippen molar-refractivity contribution >= 4 is 11.4 Å². The zero-order valence-electron chi connectivity index (χ0n) is 11.0. The summed E-state index contributed by atoms with van der Waals surface area (Å²) in [5.41, 5.74) is 5.05. The number of anilines is 1. The third-order valence-corrected chi connectivity index (χ3v) is 3.68. The van der Waals surface area contributed by atoms with Gasteiger partial charge in [-0.1, -0.05) is 0 Å². The molecule has 1 aromatic carbocycles. The first-order valence-corrected chi connectivity index (χ1v) is 6.33. The van der Waals surface area contributed by atoms with Gasteiger partial charge in [0.1, 0.15) is 11.5 Å². The highest BCUT2D eigenvalue weighted by Crippen LogP contribution is 2.40. The standard InChI is InChI=1S/C13H16F3N3O/c1-7-5-8(19-17)11(9(10(7)14)12(15)16)18-6-13(20)3-2-4-13/h5,12,17-18,20H,2-4,6H2,1H3. The summed E-state index contributed by atoms with van der Waals surface area (Å²) in [6, 6.07) is 1.24. The van der Waals surface area contributed by atoms with E-state index in [1.54, 1.807) is 0 Å². The van der Waals surface area contributed by atoms with E-state index in [-0.39, 0.29) is 23.5 Å². The molecule has 20 heavy (non-hydrogen) atoms. The molecule has 0 saturated heterocycles. The highest BCUT2D eigenvalue weighted by molar-refractivity contribution is 5.71. The Morgan fingerprint density at radius 1 is 1.50 bits per heavy atom. The van der Waals surface area contributed by atoms with Crippen LogP contribution in [0.25, 0.3) is 0 Å². The molecule has 0 aromatic heterocycles. The summed E-state index contributed by atoms with van der Waals surface area (Å²) >= 11 is 0. The van der Waals surface area contributed by atoms with Crippen molar-refractivity contribution in [1.82, 2.24) is 0 Å². The molecule has 1 aliphatic carbocycles. The monoisotopic (exact) mass is 287 g/mol. The van der Waals surface area contributed by atoms with Gasteiger partial charge in [0.15, 0.2) is 0 Å². The lowest BCUT2D eigenvalue weighted by Crippen LogP contribution is -2.43. The number of aryl methyl sites for hydroxylation is 1. The normalized spacial score (nSPS) is 16.9. The van der Waals surface area contributed by atoms with Gasteiger partial charge >= 0.3 is 0 Å². The van der Waals surface area contributed by atoms with Crippen molar-refractivity contribution in [3.63, 3.8) is 0 Å². The number of hydrogen-bond acceptors (Lipinski definition) is 4. The Balaban J connectivity index is 2.37. The lowest BCUT2D eigenvalue weighted by atomic mass is 9.80. The number of halogens is 3. The Morgan fingerprint density at radius 2 is 2.15 bits per heavy atom. The average molecular weight is 287 g/mol. The Hall–Kier alpha value is -1.63. The highest BCUT2D eigenvalue weighted by Gasteiger charge is 2.35. The maximum atomic E-state index is 13.9. The predicted octanol–water partition coefficient (Wildman–Crippen LogP) is 4.06. The average Bonchev–Trinajstić information content (AvgIpc) is 2.36. The van der Waals surface area contributed by atoms with E-state index in [1.165, 1.54) is 13.0 Å². The molecule has 110 valence electrons. The van der Waals surface area contributed by atoms with Crippen LogP contribution in [0.1, 0.15) is 36.8 Å². The van der Waals surface area contributed by atoms with Gasteiger partial charge in [0.05, 0.1) is 16.9 Å². The van der Waals surface area contributed by atoms with Gasteiger partial charge in [-0.05, 0) is 37.8 Å². The van der Waals surface area contributed by atoms with E-state index in [4.69, 9.17) is 5.53 Å². The van der Waals surface area contributed by atoms with Gasteiger partial charge in [0.25, 0.3) is 6.43 Å². The van der Waals surface area contributed by atoms with Crippen LogP contribution in [0.2, 0.25) is 0 Å². The van der Waals surface area contributed by atoms with Crippen LogP contribution in [-0.2, 0) is 0 Å². The lowest BCUT2D eigenvalue weighted by Gasteiger charge is -2.37. The maximum Gasteiger partial charge on any atom is 0.268 e. The SMILES string of the molecule is Cc1cc(N=N)c(NCC2(O)CCC2)c(C(F)F)c1F. The number of alkyl halides is 2. The fraction of sp³-hybridized carbons (Fsp3) is 0.538. The van der Waals surface area contributed by atoms with E-state index in [2.05, 4.69) is 10.4 Å². The molecule has 0 amide bonds. The summed E-state index contributed by atoms with van der Waals surface area (Å²) in [5.74, 6) is -1.00. The molecule has 1 aromatic rings. The number of rotatable bonds is 5. The van der Waals surface area contributed by atoms with E-state index < -0.39 is 23.4 Å². The minimum absolute atomic E-state index is 0.0132. The maximum absolute atomic E-state index is 13.9. The number of nitrogens with one attached hydrogen (secondary N) is 2. The lowest BCUT2D eigenvalue weighted by molar-refractivity contribution is -0.0202. The van der Waals surface area contributed by atoms with Gasteiger partial charge < -0.3 is 10.4 Å². The molecular weight excluding hydrogens is 271 g/mol. The van der Waals surface area contributed by atoms with Gasteiger partial charge in [0.2, 0.25) is 0 Å². The third kappa shape index (κ3) is 2.63. The van der Waals surface area contributed by atoms with Gasteiger partial charge in [-0.15, -0.1) is 0 Å². The van der Waals surface area contributed by atoms with Crippen LogP contribution in [0.4, 0.5) is 24.5 Å². The first kappa shape index (κ1) is 14.8. The van der Waals surface area contributed by atoms with Crippen molar-refractivity contribution in [3.05, 3.63) is 23.0 Å². The Bertz CT molecular complexity index is 530. The molecule has 0 aliphatic heterocycles. The first-order chi connectivity index (χ1) is 9.38. The molecular formula is C13H16F3N3O. The van der Waals surface area contributed by atoms with E-state index in [0.29, 0.717) is 12.8 Å².